The molecule has 0 saturated heterocycles. The number of nitro benzene ring substituents is 1. The lowest BCUT2D eigenvalue weighted by Crippen LogP contribution is -2.37. The van der Waals surface area contributed by atoms with Crippen molar-refractivity contribution in [2.75, 3.05) is 26.4 Å². The summed E-state index contributed by atoms with van der Waals surface area (Å²) >= 11 is 5.85. The molecule has 0 aliphatic carbocycles. The topological polar surface area (TPSA) is 144 Å². The molecule has 0 aromatic heterocycles. The Balaban J connectivity index is 2.01. The van der Waals surface area contributed by atoms with Gasteiger partial charge in [0, 0.05) is 28.3 Å². The van der Waals surface area contributed by atoms with Gasteiger partial charge in [-0.15, -0.1) is 0 Å². The van der Waals surface area contributed by atoms with E-state index in [9.17, 15) is 24.5 Å². The number of para-hydroxylation sites is 1. The van der Waals surface area contributed by atoms with Crippen LogP contribution in [-0.2, 0) is 28.6 Å². The van der Waals surface area contributed by atoms with Crippen molar-refractivity contribution in [3.05, 3.63) is 80.5 Å². The molecule has 2 atom stereocenters. The Morgan fingerprint density at radius 2 is 1.67 bits per heavy atom. The van der Waals surface area contributed by atoms with Crippen LogP contribution in [0.15, 0.2) is 64.8 Å². The average Bonchev–Trinajstić information content (AvgIpc) is 2.91. The Bertz CT molecular complexity index is 1300. The second-order valence-electron chi connectivity index (χ2n) is 8.26. The van der Waals surface area contributed by atoms with Gasteiger partial charge in [0.15, 0.2) is 6.61 Å². The molecule has 0 radical (unpaired) electrons. The molecule has 11 nitrogen and oxygen atoms in total. The largest absolute Gasteiger partial charge is 0.482 e. The molecule has 1 aliphatic heterocycles. The van der Waals surface area contributed by atoms with Crippen molar-refractivity contribution in [1.29, 1.82) is 0 Å². The molecule has 206 valence electrons. The van der Waals surface area contributed by atoms with Crippen LogP contribution in [0.25, 0.3) is 0 Å². The molecule has 12 heteroatoms. The van der Waals surface area contributed by atoms with Crippen LogP contribution in [0.2, 0.25) is 5.02 Å². The third-order valence-electron chi connectivity index (χ3n) is 5.76. The number of carbonyl (C=O) groups is 3. The zero-order valence-electron chi connectivity index (χ0n) is 21.5. The van der Waals surface area contributed by atoms with Crippen molar-refractivity contribution in [2.45, 2.75) is 26.7 Å². The number of rotatable bonds is 11. The van der Waals surface area contributed by atoms with Gasteiger partial charge in [-0.25, -0.2) is 9.59 Å². The third-order valence-corrected chi connectivity index (χ3v) is 6.01. The van der Waals surface area contributed by atoms with E-state index in [-0.39, 0.29) is 41.4 Å². The van der Waals surface area contributed by atoms with E-state index in [0.29, 0.717) is 10.8 Å². The van der Waals surface area contributed by atoms with Crippen LogP contribution in [0.5, 0.6) is 5.75 Å². The van der Waals surface area contributed by atoms with E-state index in [2.05, 4.69) is 4.99 Å². The number of esters is 3. The van der Waals surface area contributed by atoms with E-state index in [0.717, 1.165) is 0 Å². The fraction of sp³-hybridized carbons (Fsp3) is 0.333. The van der Waals surface area contributed by atoms with Crippen molar-refractivity contribution in [3.8, 4) is 5.75 Å². The Kier molecular flexibility index (Phi) is 10.2. The SMILES string of the molecule is CCOC(=O)C1=C(COC(=O)COc2ccc(Cl)cc2)N=C(C)C(C(=O)OCC)C1c1ccccc1[N+](=O)[O-]. The first-order chi connectivity index (χ1) is 18.7. The van der Waals surface area contributed by atoms with Crippen molar-refractivity contribution in [1.82, 2.24) is 0 Å². The van der Waals surface area contributed by atoms with Crippen molar-refractivity contribution >= 4 is 40.9 Å². The second-order valence-corrected chi connectivity index (χ2v) is 8.70. The van der Waals surface area contributed by atoms with Crippen LogP contribution in [0.4, 0.5) is 5.69 Å². The molecule has 0 saturated carbocycles. The molecule has 39 heavy (non-hydrogen) atoms. The second kappa shape index (κ2) is 13.5. The van der Waals surface area contributed by atoms with Crippen LogP contribution >= 0.6 is 11.6 Å². The molecule has 1 aliphatic rings. The van der Waals surface area contributed by atoms with Crippen LogP contribution < -0.4 is 4.74 Å². The first-order valence-corrected chi connectivity index (χ1v) is 12.4. The van der Waals surface area contributed by atoms with Gasteiger partial charge in [-0.05, 0) is 45.0 Å². The van der Waals surface area contributed by atoms with Crippen LogP contribution in [0.3, 0.4) is 0 Å². The van der Waals surface area contributed by atoms with Gasteiger partial charge < -0.3 is 18.9 Å². The van der Waals surface area contributed by atoms with Gasteiger partial charge in [-0.3, -0.25) is 19.9 Å². The van der Waals surface area contributed by atoms with E-state index in [4.69, 9.17) is 30.5 Å². The number of hydrogen-bond donors (Lipinski definition) is 0. The molecule has 2 aromatic rings. The molecular weight excluding hydrogens is 532 g/mol. The maximum absolute atomic E-state index is 13.2. The molecule has 1 heterocycles. The van der Waals surface area contributed by atoms with Gasteiger partial charge in [0.1, 0.15) is 18.3 Å². The highest BCUT2D eigenvalue weighted by atomic mass is 35.5. The fourth-order valence-corrected chi connectivity index (χ4v) is 4.27. The normalized spacial score (nSPS) is 16.7. The molecule has 2 unspecified atom stereocenters. The molecule has 3 rings (SSSR count). The number of halogens is 1. The van der Waals surface area contributed by atoms with Crippen molar-refractivity contribution < 1.29 is 38.3 Å². The zero-order valence-corrected chi connectivity index (χ0v) is 22.3. The first kappa shape index (κ1) is 29.3. The highest BCUT2D eigenvalue weighted by Gasteiger charge is 2.45. The van der Waals surface area contributed by atoms with Gasteiger partial charge in [-0.2, -0.15) is 0 Å². The van der Waals surface area contributed by atoms with E-state index >= 15 is 0 Å². The summed E-state index contributed by atoms with van der Waals surface area (Å²) in [5.74, 6) is -4.27. The Hall–Kier alpha value is -4.25. The quantitative estimate of drug-likeness (QED) is 0.169. The van der Waals surface area contributed by atoms with E-state index < -0.39 is 47.9 Å². The maximum Gasteiger partial charge on any atom is 0.344 e. The number of aliphatic imine (C=N–C) groups is 1. The summed E-state index contributed by atoms with van der Waals surface area (Å²) in [7, 11) is 0. The number of nitro groups is 1. The van der Waals surface area contributed by atoms with Gasteiger partial charge in [0.2, 0.25) is 0 Å². The molecule has 0 fully saturated rings. The minimum Gasteiger partial charge on any atom is -0.482 e. The molecule has 0 spiro atoms. The van der Waals surface area contributed by atoms with E-state index in [1.165, 1.54) is 25.1 Å². The molecule has 0 N–H and O–H groups in total. The maximum atomic E-state index is 13.2. The first-order valence-electron chi connectivity index (χ1n) is 12.1. The Morgan fingerprint density at radius 1 is 1.00 bits per heavy atom. The summed E-state index contributed by atoms with van der Waals surface area (Å²) in [6, 6.07) is 12.1. The van der Waals surface area contributed by atoms with Crippen LogP contribution in [0, 0.1) is 16.0 Å². The van der Waals surface area contributed by atoms with Crippen LogP contribution in [0.1, 0.15) is 32.3 Å². The molecular formula is C27H27ClN2O9. The summed E-state index contributed by atoms with van der Waals surface area (Å²) in [6.07, 6.45) is 0. The number of nitrogens with zero attached hydrogens (tertiary/aromatic N) is 2. The monoisotopic (exact) mass is 558 g/mol. The van der Waals surface area contributed by atoms with E-state index in [1.54, 1.807) is 44.2 Å². The van der Waals surface area contributed by atoms with Gasteiger partial charge in [0.25, 0.3) is 5.69 Å². The number of hydrogen-bond acceptors (Lipinski definition) is 10. The Labute approximate surface area is 229 Å². The van der Waals surface area contributed by atoms with Crippen LogP contribution in [-0.4, -0.2) is 55.0 Å². The highest BCUT2D eigenvalue weighted by molar-refractivity contribution is 6.30. The lowest BCUT2D eigenvalue weighted by molar-refractivity contribution is -0.385. The summed E-state index contributed by atoms with van der Waals surface area (Å²) in [4.78, 5) is 54.4. The number of benzene rings is 2. The van der Waals surface area contributed by atoms with Crippen molar-refractivity contribution in [2.24, 2.45) is 10.9 Å². The van der Waals surface area contributed by atoms with E-state index in [1.807, 2.05) is 0 Å². The number of carbonyl (C=O) groups excluding carboxylic acids is 3. The summed E-state index contributed by atoms with van der Waals surface area (Å²) in [6.45, 7) is 3.87. The minimum atomic E-state index is -1.18. The predicted octanol–water partition coefficient (Wildman–Crippen LogP) is 4.43. The lowest BCUT2D eigenvalue weighted by Gasteiger charge is -2.31. The lowest BCUT2D eigenvalue weighted by atomic mass is 9.75. The standard InChI is InChI=1S/C27H27ClN2O9/c1-4-36-26(32)23-16(3)29-20(14-39-22(31)15-38-18-12-10-17(28)11-13-18)25(27(33)37-5-2)24(23)19-8-6-7-9-21(19)30(34)35/h6-13,23-24H,4-5,14-15H2,1-3H3. The third kappa shape index (κ3) is 7.20. The van der Waals surface area contributed by atoms with Gasteiger partial charge in [-0.1, -0.05) is 29.8 Å². The average molecular weight is 559 g/mol. The molecule has 2 aromatic carbocycles. The fourth-order valence-electron chi connectivity index (χ4n) is 4.15. The summed E-state index contributed by atoms with van der Waals surface area (Å²) in [5, 5.41) is 12.4. The predicted molar refractivity (Wildman–Crippen MR) is 141 cm³/mol. The molecule has 0 amide bonds. The zero-order chi connectivity index (χ0) is 28.5. The Morgan fingerprint density at radius 3 is 2.31 bits per heavy atom. The van der Waals surface area contributed by atoms with Gasteiger partial charge >= 0.3 is 17.9 Å². The number of ether oxygens (including phenoxy) is 4. The summed E-state index contributed by atoms with van der Waals surface area (Å²) in [5.41, 5.74) is -0.127. The van der Waals surface area contributed by atoms with Gasteiger partial charge in [0.05, 0.1) is 29.4 Å². The summed E-state index contributed by atoms with van der Waals surface area (Å²) < 4.78 is 21.2. The smallest absolute Gasteiger partial charge is 0.344 e. The van der Waals surface area contributed by atoms with Crippen molar-refractivity contribution in [3.63, 3.8) is 0 Å². The highest BCUT2D eigenvalue weighted by Crippen LogP contribution is 2.43. The minimum absolute atomic E-state index is 0.00510. The molecule has 0 bridgehead atoms.